The number of rotatable bonds is 2. The number of anilines is 1. The van der Waals surface area contributed by atoms with Gasteiger partial charge in [0.25, 0.3) is 0 Å². The zero-order chi connectivity index (χ0) is 10.6. The number of hydrogen-bond acceptors (Lipinski definition) is 5. The van der Waals surface area contributed by atoms with Crippen molar-refractivity contribution >= 4 is 11.7 Å². The number of carbonyl (C=O) groups excluding carboxylic acids is 1. The zero-order valence-corrected chi connectivity index (χ0v) is 7.57. The molecule has 0 saturated heterocycles. The Hall–Kier alpha value is -2.06. The van der Waals surface area contributed by atoms with Gasteiger partial charge in [-0.05, 0) is 12.1 Å². The highest BCUT2D eigenvalue weighted by molar-refractivity contribution is 5.98. The molecule has 3 N–H and O–H groups in total. The maximum absolute atomic E-state index is 11.3. The fourth-order valence-corrected chi connectivity index (χ4v) is 1.09. The Kier molecular flexibility index (Phi) is 3.05. The Morgan fingerprint density at radius 3 is 2.86 bits per heavy atom. The lowest BCUT2D eigenvalue weighted by molar-refractivity contribution is 0.0601. The Morgan fingerprint density at radius 1 is 1.64 bits per heavy atom. The van der Waals surface area contributed by atoms with Gasteiger partial charge in [0.05, 0.1) is 18.4 Å². The van der Waals surface area contributed by atoms with Gasteiger partial charge in [-0.3, -0.25) is 5.84 Å². The van der Waals surface area contributed by atoms with Gasteiger partial charge >= 0.3 is 5.97 Å². The predicted molar refractivity (Wildman–Crippen MR) is 50.3 cm³/mol. The van der Waals surface area contributed by atoms with E-state index in [-0.39, 0.29) is 11.1 Å². The summed E-state index contributed by atoms with van der Waals surface area (Å²) >= 11 is 0. The van der Waals surface area contributed by atoms with Gasteiger partial charge in [-0.15, -0.1) is 0 Å². The van der Waals surface area contributed by atoms with Crippen molar-refractivity contribution in [3.05, 3.63) is 29.3 Å². The van der Waals surface area contributed by atoms with Crippen LogP contribution in [0.5, 0.6) is 0 Å². The molecule has 72 valence electrons. The summed E-state index contributed by atoms with van der Waals surface area (Å²) in [4.78, 5) is 11.3. The van der Waals surface area contributed by atoms with Gasteiger partial charge < -0.3 is 10.2 Å². The van der Waals surface area contributed by atoms with Crippen LogP contribution >= 0.6 is 0 Å². The minimum absolute atomic E-state index is 0.153. The minimum Gasteiger partial charge on any atom is -0.465 e. The fourth-order valence-electron chi connectivity index (χ4n) is 1.09. The quantitative estimate of drug-likeness (QED) is 0.406. The maximum atomic E-state index is 11.3. The summed E-state index contributed by atoms with van der Waals surface area (Å²) in [5.74, 6) is 4.61. The van der Waals surface area contributed by atoms with E-state index >= 15 is 0 Å². The first kappa shape index (κ1) is 10.0. The molecule has 0 aromatic heterocycles. The number of nitrogen functional groups attached to an aromatic ring is 1. The molecule has 0 aliphatic heterocycles. The van der Waals surface area contributed by atoms with Crippen molar-refractivity contribution in [1.82, 2.24) is 0 Å². The van der Waals surface area contributed by atoms with Crippen LogP contribution in [-0.4, -0.2) is 13.1 Å². The average Bonchev–Trinajstić information content (AvgIpc) is 2.26. The number of carbonyl (C=O) groups is 1. The number of hydrazine groups is 1. The SMILES string of the molecule is COC(=O)c1c(C#N)cccc1NN. The van der Waals surface area contributed by atoms with Crippen LogP contribution in [0.1, 0.15) is 15.9 Å². The van der Waals surface area contributed by atoms with Gasteiger partial charge in [-0.1, -0.05) is 6.07 Å². The highest BCUT2D eigenvalue weighted by atomic mass is 16.5. The van der Waals surface area contributed by atoms with E-state index in [9.17, 15) is 4.79 Å². The number of nitrogens with zero attached hydrogens (tertiary/aromatic N) is 1. The Bertz CT molecular complexity index is 396. The van der Waals surface area contributed by atoms with Crippen molar-refractivity contribution in [3.63, 3.8) is 0 Å². The monoisotopic (exact) mass is 191 g/mol. The van der Waals surface area contributed by atoms with Gasteiger partial charge in [0.1, 0.15) is 11.6 Å². The molecule has 0 aliphatic rings. The van der Waals surface area contributed by atoms with Crippen molar-refractivity contribution in [1.29, 1.82) is 5.26 Å². The fraction of sp³-hybridized carbons (Fsp3) is 0.111. The van der Waals surface area contributed by atoms with Crippen LogP contribution in [0.25, 0.3) is 0 Å². The van der Waals surface area contributed by atoms with E-state index < -0.39 is 5.97 Å². The molecule has 0 atom stereocenters. The third-order valence-corrected chi connectivity index (χ3v) is 1.73. The van der Waals surface area contributed by atoms with Crippen LogP contribution in [-0.2, 0) is 4.74 Å². The zero-order valence-electron chi connectivity index (χ0n) is 7.57. The number of nitrogens with two attached hydrogens (primary N) is 1. The molecule has 0 aliphatic carbocycles. The second kappa shape index (κ2) is 4.25. The molecule has 0 amide bonds. The van der Waals surface area contributed by atoms with E-state index in [2.05, 4.69) is 10.2 Å². The third-order valence-electron chi connectivity index (χ3n) is 1.73. The third kappa shape index (κ3) is 1.65. The number of esters is 1. The molecule has 0 spiro atoms. The van der Waals surface area contributed by atoms with E-state index in [1.54, 1.807) is 12.1 Å². The maximum Gasteiger partial charge on any atom is 0.341 e. The topological polar surface area (TPSA) is 88.1 Å². The predicted octanol–water partition coefficient (Wildman–Crippen LogP) is 0.630. The van der Waals surface area contributed by atoms with Gasteiger partial charge in [-0.25, -0.2) is 4.79 Å². The highest BCUT2D eigenvalue weighted by Gasteiger charge is 2.15. The lowest BCUT2D eigenvalue weighted by Gasteiger charge is -2.07. The van der Waals surface area contributed by atoms with Crippen LogP contribution in [0.2, 0.25) is 0 Å². The molecule has 0 fully saturated rings. The van der Waals surface area contributed by atoms with Crippen LogP contribution in [0, 0.1) is 11.3 Å². The molecule has 0 radical (unpaired) electrons. The first-order valence-corrected chi connectivity index (χ1v) is 3.82. The molecule has 0 saturated carbocycles. The number of nitrogens with one attached hydrogen (secondary N) is 1. The highest BCUT2D eigenvalue weighted by Crippen LogP contribution is 2.19. The Labute approximate surface area is 81.1 Å². The number of hydrogen-bond donors (Lipinski definition) is 2. The van der Waals surface area contributed by atoms with E-state index in [1.807, 2.05) is 6.07 Å². The standard InChI is InChI=1S/C9H9N3O2/c1-14-9(13)8-6(5-10)3-2-4-7(8)12-11/h2-4,12H,11H2,1H3. The van der Waals surface area contributed by atoms with E-state index in [1.165, 1.54) is 13.2 Å². The summed E-state index contributed by atoms with van der Waals surface area (Å²) in [7, 11) is 1.25. The van der Waals surface area contributed by atoms with Gasteiger partial charge in [-0.2, -0.15) is 5.26 Å². The molecule has 0 unspecified atom stereocenters. The molecule has 14 heavy (non-hydrogen) atoms. The van der Waals surface area contributed by atoms with E-state index in [0.29, 0.717) is 5.69 Å². The molecule has 0 heterocycles. The molecule has 1 aromatic rings. The number of nitriles is 1. The van der Waals surface area contributed by atoms with Crippen molar-refractivity contribution in [2.45, 2.75) is 0 Å². The summed E-state index contributed by atoms with van der Waals surface area (Å²) in [5.41, 5.74) is 3.09. The molecule has 5 nitrogen and oxygen atoms in total. The van der Waals surface area contributed by atoms with Gasteiger partial charge in [0, 0.05) is 0 Å². The summed E-state index contributed by atoms with van der Waals surface area (Å²) in [6, 6.07) is 6.63. The van der Waals surface area contributed by atoms with Crippen LogP contribution in [0.3, 0.4) is 0 Å². The molecular formula is C9H9N3O2. The van der Waals surface area contributed by atoms with Crippen molar-refractivity contribution in [2.24, 2.45) is 5.84 Å². The van der Waals surface area contributed by atoms with Crippen molar-refractivity contribution in [2.75, 3.05) is 12.5 Å². The number of methoxy groups -OCH3 is 1. The van der Waals surface area contributed by atoms with Crippen molar-refractivity contribution < 1.29 is 9.53 Å². The molecule has 5 heteroatoms. The summed E-state index contributed by atoms with van der Waals surface area (Å²) in [6.07, 6.45) is 0. The molecule has 1 aromatic carbocycles. The van der Waals surface area contributed by atoms with E-state index in [0.717, 1.165) is 0 Å². The Balaban J connectivity index is 3.35. The Morgan fingerprint density at radius 2 is 2.36 bits per heavy atom. The van der Waals surface area contributed by atoms with Crippen LogP contribution in [0.4, 0.5) is 5.69 Å². The molecule has 1 rings (SSSR count). The van der Waals surface area contributed by atoms with Gasteiger partial charge in [0.2, 0.25) is 0 Å². The van der Waals surface area contributed by atoms with E-state index in [4.69, 9.17) is 11.1 Å². The first-order valence-electron chi connectivity index (χ1n) is 3.82. The number of ether oxygens (including phenoxy) is 1. The molecule has 0 bridgehead atoms. The average molecular weight is 191 g/mol. The van der Waals surface area contributed by atoms with Crippen LogP contribution in [0.15, 0.2) is 18.2 Å². The smallest absolute Gasteiger partial charge is 0.341 e. The van der Waals surface area contributed by atoms with Crippen molar-refractivity contribution in [3.8, 4) is 6.07 Å². The molecular weight excluding hydrogens is 182 g/mol. The summed E-state index contributed by atoms with van der Waals surface area (Å²) in [6.45, 7) is 0. The summed E-state index contributed by atoms with van der Waals surface area (Å²) in [5, 5.41) is 8.76. The van der Waals surface area contributed by atoms with Crippen LogP contribution < -0.4 is 11.3 Å². The normalized spacial score (nSPS) is 8.93. The first-order chi connectivity index (χ1) is 6.74. The minimum atomic E-state index is -0.588. The second-order valence-corrected chi connectivity index (χ2v) is 2.48. The largest absolute Gasteiger partial charge is 0.465 e. The lowest BCUT2D eigenvalue weighted by Crippen LogP contribution is -2.14. The second-order valence-electron chi connectivity index (χ2n) is 2.48. The summed E-state index contributed by atoms with van der Waals surface area (Å²) < 4.78 is 4.54. The van der Waals surface area contributed by atoms with Gasteiger partial charge in [0.15, 0.2) is 0 Å². The lowest BCUT2D eigenvalue weighted by atomic mass is 10.1. The number of benzene rings is 1.